The van der Waals surface area contributed by atoms with Crippen molar-refractivity contribution < 1.29 is 14.3 Å². The van der Waals surface area contributed by atoms with Crippen LogP contribution in [0.5, 0.6) is 11.5 Å². The molecule has 0 saturated heterocycles. The van der Waals surface area contributed by atoms with Gasteiger partial charge >= 0.3 is 0 Å². The van der Waals surface area contributed by atoms with Crippen LogP contribution in [0.2, 0.25) is 0 Å². The Morgan fingerprint density at radius 1 is 0.944 bits per heavy atom. The highest BCUT2D eigenvalue weighted by Gasteiger charge is 2.36. The second kappa shape index (κ2) is 9.58. The number of aryl methyl sites for hydroxylation is 1. The second-order valence-corrected chi connectivity index (χ2v) is 8.54. The van der Waals surface area contributed by atoms with E-state index < -0.39 is 6.04 Å². The summed E-state index contributed by atoms with van der Waals surface area (Å²) in [4.78, 5) is 18.5. The van der Waals surface area contributed by atoms with Crippen molar-refractivity contribution in [1.29, 1.82) is 0 Å². The minimum Gasteiger partial charge on any atom is -0.493 e. The number of nitrogens with zero attached hydrogens (tertiary/aromatic N) is 3. The number of anilines is 2. The van der Waals surface area contributed by atoms with Gasteiger partial charge < -0.3 is 20.1 Å². The first kappa shape index (κ1) is 23.2. The van der Waals surface area contributed by atoms with E-state index in [0.717, 1.165) is 16.7 Å². The molecule has 1 amide bonds. The Bertz CT molecular complexity index is 1440. The zero-order valence-electron chi connectivity index (χ0n) is 20.6. The fraction of sp³-hybridized carbons (Fsp3) is 0.179. The summed E-state index contributed by atoms with van der Waals surface area (Å²) in [5.74, 6) is 1.94. The Morgan fingerprint density at radius 3 is 2.39 bits per heavy atom. The van der Waals surface area contributed by atoms with Gasteiger partial charge in [0.15, 0.2) is 17.3 Å². The lowest BCUT2D eigenvalue weighted by atomic mass is 9.94. The third kappa shape index (κ3) is 4.17. The van der Waals surface area contributed by atoms with E-state index in [1.807, 2.05) is 86.6 Å². The molecule has 36 heavy (non-hydrogen) atoms. The predicted molar refractivity (Wildman–Crippen MR) is 139 cm³/mol. The van der Waals surface area contributed by atoms with Crippen LogP contribution < -0.4 is 20.1 Å². The van der Waals surface area contributed by atoms with Crippen molar-refractivity contribution in [2.45, 2.75) is 19.9 Å². The molecule has 8 heteroatoms. The number of amides is 1. The number of nitrogens with one attached hydrogen (secondary N) is 2. The van der Waals surface area contributed by atoms with Gasteiger partial charge in [0.2, 0.25) is 5.95 Å². The Kier molecular flexibility index (Phi) is 6.16. The molecule has 2 heterocycles. The minimum absolute atomic E-state index is 0.251. The summed E-state index contributed by atoms with van der Waals surface area (Å²) < 4.78 is 13.1. The summed E-state index contributed by atoms with van der Waals surface area (Å²) in [6.07, 6.45) is 0. The molecule has 4 aromatic rings. The molecule has 8 nitrogen and oxygen atoms in total. The van der Waals surface area contributed by atoms with Gasteiger partial charge in [0.1, 0.15) is 6.04 Å². The summed E-state index contributed by atoms with van der Waals surface area (Å²) in [6.45, 7) is 3.90. The molecule has 5 rings (SSSR count). The number of para-hydroxylation sites is 2. The highest BCUT2D eigenvalue weighted by atomic mass is 16.5. The van der Waals surface area contributed by atoms with E-state index in [0.29, 0.717) is 40.2 Å². The molecule has 0 bridgehead atoms. The maximum Gasteiger partial charge on any atom is 0.255 e. The predicted octanol–water partition coefficient (Wildman–Crippen LogP) is 5.20. The standard InChI is InChI=1S/C28H27N5O3/c1-17-13-15-19(16-14-17)26-31-28-29-18(2)23(27(34)30-20-9-6-5-7-10-20)24(33(28)32-26)21-11-8-12-22(35-3)25(21)36-4/h5-16,24H,1-4H3,(H,30,34)(H,29,31,32). The largest absolute Gasteiger partial charge is 0.493 e. The lowest BCUT2D eigenvalue weighted by Gasteiger charge is -2.30. The van der Waals surface area contributed by atoms with Crippen LogP contribution in [0.1, 0.15) is 24.1 Å². The van der Waals surface area contributed by atoms with Crippen LogP contribution in [0.25, 0.3) is 11.4 Å². The molecule has 1 aliphatic heterocycles. The van der Waals surface area contributed by atoms with E-state index in [2.05, 4.69) is 10.6 Å². The first-order valence-electron chi connectivity index (χ1n) is 11.6. The van der Waals surface area contributed by atoms with Crippen molar-refractivity contribution >= 4 is 17.5 Å². The third-order valence-corrected chi connectivity index (χ3v) is 6.17. The summed E-state index contributed by atoms with van der Waals surface area (Å²) in [7, 11) is 3.17. The van der Waals surface area contributed by atoms with Gasteiger partial charge in [-0.1, -0.05) is 60.2 Å². The Balaban J connectivity index is 1.67. The van der Waals surface area contributed by atoms with Crippen molar-refractivity contribution in [3.05, 3.63) is 95.2 Å². The van der Waals surface area contributed by atoms with Crippen LogP contribution in [0.4, 0.5) is 11.6 Å². The van der Waals surface area contributed by atoms with Crippen molar-refractivity contribution in [2.24, 2.45) is 0 Å². The monoisotopic (exact) mass is 481 g/mol. The molecule has 1 aromatic heterocycles. The Labute approximate surface area is 209 Å². The lowest BCUT2D eigenvalue weighted by Crippen LogP contribution is -2.31. The quantitative estimate of drug-likeness (QED) is 0.394. The average molecular weight is 482 g/mol. The summed E-state index contributed by atoms with van der Waals surface area (Å²) in [6, 6.07) is 22.4. The van der Waals surface area contributed by atoms with Crippen molar-refractivity contribution in [3.8, 4) is 22.9 Å². The van der Waals surface area contributed by atoms with Gasteiger partial charge in [-0.25, -0.2) is 4.68 Å². The number of fused-ring (bicyclic) bond motifs is 1. The maximum atomic E-state index is 13.7. The smallest absolute Gasteiger partial charge is 0.255 e. The van der Waals surface area contributed by atoms with Crippen LogP contribution in [-0.4, -0.2) is 34.9 Å². The lowest BCUT2D eigenvalue weighted by molar-refractivity contribution is -0.113. The number of benzene rings is 3. The molecule has 0 fully saturated rings. The van der Waals surface area contributed by atoms with Crippen molar-refractivity contribution in [1.82, 2.24) is 14.8 Å². The second-order valence-electron chi connectivity index (χ2n) is 8.54. The number of aromatic nitrogens is 3. The molecule has 0 aliphatic carbocycles. The first-order chi connectivity index (χ1) is 17.5. The molecule has 182 valence electrons. The normalized spacial score (nSPS) is 14.6. The molecule has 0 radical (unpaired) electrons. The summed E-state index contributed by atoms with van der Waals surface area (Å²) in [5.41, 5.74) is 4.64. The minimum atomic E-state index is -0.610. The summed E-state index contributed by atoms with van der Waals surface area (Å²) >= 11 is 0. The fourth-order valence-corrected chi connectivity index (χ4v) is 4.40. The number of hydrogen-bond acceptors (Lipinski definition) is 6. The number of allylic oxidation sites excluding steroid dienone is 1. The number of hydrogen-bond donors (Lipinski definition) is 2. The molecule has 2 N–H and O–H groups in total. The van der Waals surface area contributed by atoms with Gasteiger partial charge in [0, 0.05) is 22.5 Å². The van der Waals surface area contributed by atoms with E-state index >= 15 is 0 Å². The zero-order valence-corrected chi connectivity index (χ0v) is 20.6. The Hall–Kier alpha value is -4.59. The highest BCUT2D eigenvalue weighted by molar-refractivity contribution is 6.06. The maximum absolute atomic E-state index is 13.7. The fourth-order valence-electron chi connectivity index (χ4n) is 4.40. The van der Waals surface area contributed by atoms with Gasteiger partial charge in [-0.15, -0.1) is 5.10 Å². The third-order valence-electron chi connectivity index (χ3n) is 6.17. The van der Waals surface area contributed by atoms with E-state index in [9.17, 15) is 4.79 Å². The van der Waals surface area contributed by atoms with E-state index in [-0.39, 0.29) is 5.91 Å². The van der Waals surface area contributed by atoms with E-state index in [1.54, 1.807) is 18.9 Å². The molecule has 0 spiro atoms. The average Bonchev–Trinajstić information content (AvgIpc) is 3.31. The summed E-state index contributed by atoms with van der Waals surface area (Å²) in [5, 5.41) is 11.1. The van der Waals surface area contributed by atoms with Crippen LogP contribution >= 0.6 is 0 Å². The molecular formula is C28H27N5O3. The van der Waals surface area contributed by atoms with E-state index in [1.165, 1.54) is 0 Å². The molecule has 1 aliphatic rings. The number of carbonyl (C=O) groups excluding carboxylic acids is 1. The van der Waals surface area contributed by atoms with Gasteiger partial charge in [-0.3, -0.25) is 4.79 Å². The first-order valence-corrected chi connectivity index (χ1v) is 11.6. The molecular weight excluding hydrogens is 454 g/mol. The van der Waals surface area contributed by atoms with Gasteiger partial charge in [-0.2, -0.15) is 4.98 Å². The molecule has 0 saturated carbocycles. The van der Waals surface area contributed by atoms with Gasteiger partial charge in [0.25, 0.3) is 5.91 Å². The van der Waals surface area contributed by atoms with Crippen LogP contribution in [0, 0.1) is 6.92 Å². The number of methoxy groups -OCH3 is 2. The molecule has 1 atom stereocenters. The number of rotatable bonds is 6. The van der Waals surface area contributed by atoms with Gasteiger partial charge in [-0.05, 0) is 32.0 Å². The molecule has 1 unspecified atom stereocenters. The van der Waals surface area contributed by atoms with E-state index in [4.69, 9.17) is 19.6 Å². The number of carbonyl (C=O) groups is 1. The van der Waals surface area contributed by atoms with Crippen LogP contribution in [0.3, 0.4) is 0 Å². The molecule has 3 aromatic carbocycles. The van der Waals surface area contributed by atoms with Crippen LogP contribution in [0.15, 0.2) is 84.1 Å². The van der Waals surface area contributed by atoms with Crippen LogP contribution in [-0.2, 0) is 4.79 Å². The highest BCUT2D eigenvalue weighted by Crippen LogP contribution is 2.43. The van der Waals surface area contributed by atoms with Gasteiger partial charge in [0.05, 0.1) is 19.8 Å². The number of ether oxygens (including phenoxy) is 2. The van der Waals surface area contributed by atoms with Crippen molar-refractivity contribution in [2.75, 3.05) is 24.9 Å². The zero-order chi connectivity index (χ0) is 25.2. The SMILES string of the molecule is COc1cccc(C2C(C(=O)Nc3ccccc3)=C(C)Nc3nc(-c4ccc(C)cc4)nn32)c1OC. The van der Waals surface area contributed by atoms with Crippen molar-refractivity contribution in [3.63, 3.8) is 0 Å². The topological polar surface area (TPSA) is 90.3 Å². The Morgan fingerprint density at radius 2 is 1.69 bits per heavy atom.